The lowest BCUT2D eigenvalue weighted by Crippen LogP contribution is -1.91. The molecule has 130 valence electrons. The summed E-state index contributed by atoms with van der Waals surface area (Å²) in [5.74, 6) is 1.19. The van der Waals surface area contributed by atoms with E-state index < -0.39 is 0 Å². The average molecular weight is 370 g/mol. The Hall–Kier alpha value is -3.38. The maximum absolute atomic E-state index is 5.60. The van der Waals surface area contributed by atoms with E-state index in [1.807, 2.05) is 53.9 Å². The van der Waals surface area contributed by atoms with Gasteiger partial charge in [-0.3, -0.25) is 4.98 Å². The zero-order chi connectivity index (χ0) is 18.1. The fraction of sp³-hybridized carbons (Fsp3) is 0.0476. The second kappa shape index (κ2) is 6.74. The molecule has 0 fully saturated rings. The molecule has 0 saturated carbocycles. The lowest BCUT2D eigenvalue weighted by atomic mass is 10.0. The van der Waals surface area contributed by atoms with Gasteiger partial charge < -0.3 is 4.52 Å². The third kappa shape index (κ3) is 3.11. The van der Waals surface area contributed by atoms with Crippen molar-refractivity contribution in [2.24, 2.45) is 0 Å². The lowest BCUT2D eigenvalue weighted by molar-refractivity contribution is 0.424. The topological polar surface area (TPSA) is 64.7 Å². The maximum atomic E-state index is 5.60. The average Bonchev–Trinajstić information content (AvgIpc) is 3.40. The Morgan fingerprint density at radius 1 is 0.926 bits per heavy atom. The highest BCUT2D eigenvalue weighted by molar-refractivity contribution is 7.09. The van der Waals surface area contributed by atoms with E-state index in [9.17, 15) is 0 Å². The number of benzene rings is 1. The van der Waals surface area contributed by atoms with Gasteiger partial charge in [-0.05, 0) is 35.7 Å². The van der Waals surface area contributed by atoms with Crippen LogP contribution in [0.5, 0.6) is 0 Å². The van der Waals surface area contributed by atoms with E-state index in [2.05, 4.69) is 21.2 Å². The summed E-state index contributed by atoms with van der Waals surface area (Å²) in [7, 11) is 0. The number of hydrogen-bond acceptors (Lipinski definition) is 6. The van der Waals surface area contributed by atoms with Crippen LogP contribution in [0, 0.1) is 0 Å². The fourth-order valence-electron chi connectivity index (χ4n) is 3.03. The van der Waals surface area contributed by atoms with Crippen LogP contribution >= 0.6 is 11.3 Å². The van der Waals surface area contributed by atoms with E-state index in [1.165, 1.54) is 4.88 Å². The predicted molar refractivity (Wildman–Crippen MR) is 105 cm³/mol. The largest absolute Gasteiger partial charge is 0.334 e. The van der Waals surface area contributed by atoms with Crippen LogP contribution in [-0.4, -0.2) is 20.1 Å². The summed E-state index contributed by atoms with van der Waals surface area (Å²) in [6.07, 6.45) is 4.19. The molecule has 0 atom stereocenters. The third-order valence-corrected chi connectivity index (χ3v) is 5.18. The molecule has 0 bridgehead atoms. The molecule has 0 radical (unpaired) electrons. The van der Waals surface area contributed by atoms with Gasteiger partial charge in [-0.15, -0.1) is 11.3 Å². The molecule has 0 unspecified atom stereocenters. The molecule has 1 aromatic carbocycles. The van der Waals surface area contributed by atoms with Gasteiger partial charge in [-0.25, -0.2) is 4.98 Å². The molecule has 4 heterocycles. The van der Waals surface area contributed by atoms with Crippen molar-refractivity contribution >= 4 is 22.2 Å². The van der Waals surface area contributed by atoms with Crippen molar-refractivity contribution in [3.63, 3.8) is 0 Å². The number of para-hydroxylation sites is 1. The minimum Gasteiger partial charge on any atom is -0.334 e. The molecular formula is C21H14N4OS. The van der Waals surface area contributed by atoms with Crippen LogP contribution in [-0.2, 0) is 6.42 Å². The highest BCUT2D eigenvalue weighted by atomic mass is 32.1. The van der Waals surface area contributed by atoms with Gasteiger partial charge in [0.15, 0.2) is 5.82 Å². The Labute approximate surface area is 159 Å². The van der Waals surface area contributed by atoms with E-state index in [1.54, 1.807) is 23.7 Å². The number of thiophene rings is 1. The molecule has 0 amide bonds. The van der Waals surface area contributed by atoms with Crippen molar-refractivity contribution in [3.05, 3.63) is 83.1 Å². The molecule has 0 spiro atoms. The Balaban J connectivity index is 1.63. The van der Waals surface area contributed by atoms with Gasteiger partial charge in [0.25, 0.3) is 5.89 Å². The van der Waals surface area contributed by atoms with E-state index >= 15 is 0 Å². The lowest BCUT2D eigenvalue weighted by Gasteiger charge is -2.07. The first-order valence-electron chi connectivity index (χ1n) is 8.52. The Morgan fingerprint density at radius 3 is 2.67 bits per heavy atom. The van der Waals surface area contributed by atoms with E-state index in [-0.39, 0.29) is 0 Å². The van der Waals surface area contributed by atoms with Crippen LogP contribution in [0.25, 0.3) is 33.6 Å². The molecule has 0 aliphatic carbocycles. The van der Waals surface area contributed by atoms with Crippen molar-refractivity contribution in [1.29, 1.82) is 0 Å². The fourth-order valence-corrected chi connectivity index (χ4v) is 3.73. The summed E-state index contributed by atoms with van der Waals surface area (Å²) >= 11 is 1.69. The van der Waals surface area contributed by atoms with E-state index in [4.69, 9.17) is 9.51 Å². The molecule has 0 aliphatic rings. The van der Waals surface area contributed by atoms with Gasteiger partial charge in [-0.1, -0.05) is 29.4 Å². The number of hydrogen-bond donors (Lipinski definition) is 0. The van der Waals surface area contributed by atoms with Gasteiger partial charge in [-0.2, -0.15) is 4.98 Å². The molecule has 6 heteroatoms. The number of fused-ring (bicyclic) bond motifs is 1. The Kier molecular flexibility index (Phi) is 3.95. The van der Waals surface area contributed by atoms with Gasteiger partial charge in [0.1, 0.15) is 0 Å². The van der Waals surface area contributed by atoms with Gasteiger partial charge in [0, 0.05) is 34.6 Å². The van der Waals surface area contributed by atoms with Crippen molar-refractivity contribution < 1.29 is 4.52 Å². The summed E-state index contributed by atoms with van der Waals surface area (Å²) in [5.41, 5.74) is 3.62. The van der Waals surface area contributed by atoms with Crippen LogP contribution < -0.4 is 0 Å². The molecule has 0 saturated heterocycles. The van der Waals surface area contributed by atoms with Gasteiger partial charge in [0.05, 0.1) is 16.8 Å². The molecule has 0 aliphatic heterocycles. The van der Waals surface area contributed by atoms with Crippen molar-refractivity contribution in [1.82, 2.24) is 20.1 Å². The molecule has 0 N–H and O–H groups in total. The van der Waals surface area contributed by atoms with Crippen LogP contribution in [0.3, 0.4) is 0 Å². The summed E-state index contributed by atoms with van der Waals surface area (Å²) in [5, 5.41) is 7.20. The first kappa shape index (κ1) is 15.8. The van der Waals surface area contributed by atoms with Gasteiger partial charge >= 0.3 is 0 Å². The van der Waals surface area contributed by atoms with Crippen molar-refractivity contribution in [3.8, 4) is 22.7 Å². The minimum atomic E-state index is 0.510. The summed E-state index contributed by atoms with van der Waals surface area (Å²) in [4.78, 5) is 14.7. The monoisotopic (exact) mass is 370 g/mol. The molecule has 5 nitrogen and oxygen atoms in total. The van der Waals surface area contributed by atoms with Crippen molar-refractivity contribution in [2.75, 3.05) is 0 Å². The second-order valence-corrected chi connectivity index (χ2v) is 7.11. The van der Waals surface area contributed by atoms with Crippen LogP contribution in [0.4, 0.5) is 0 Å². The smallest absolute Gasteiger partial charge is 0.258 e. The van der Waals surface area contributed by atoms with E-state index in [0.717, 1.165) is 27.7 Å². The highest BCUT2D eigenvalue weighted by Gasteiger charge is 2.15. The number of aromatic nitrogens is 4. The van der Waals surface area contributed by atoms with Crippen LogP contribution in [0.1, 0.15) is 10.7 Å². The molecule has 4 aromatic heterocycles. The van der Waals surface area contributed by atoms with Crippen LogP contribution in [0.2, 0.25) is 0 Å². The van der Waals surface area contributed by atoms with Gasteiger partial charge in [0.2, 0.25) is 0 Å². The van der Waals surface area contributed by atoms with Crippen LogP contribution in [0.15, 0.2) is 76.9 Å². The first-order chi connectivity index (χ1) is 13.4. The number of nitrogens with zero attached hydrogens (tertiary/aromatic N) is 4. The summed E-state index contributed by atoms with van der Waals surface area (Å²) in [6.45, 7) is 0. The first-order valence-corrected chi connectivity index (χ1v) is 9.40. The minimum absolute atomic E-state index is 0.510. The normalized spacial score (nSPS) is 11.1. The summed E-state index contributed by atoms with van der Waals surface area (Å²) < 4.78 is 5.60. The SMILES string of the molecule is c1csc(Cc2noc(-c3cc(-c4ccncc4)nc4ccccc34)n2)c1. The quantitative estimate of drug-likeness (QED) is 0.445. The number of rotatable bonds is 4. The second-order valence-electron chi connectivity index (χ2n) is 6.08. The van der Waals surface area contributed by atoms with E-state index in [0.29, 0.717) is 18.1 Å². The standard InChI is InChI=1S/C21H14N4OS/c1-2-6-18-16(5-1)17(13-19(23-18)14-7-9-22-10-8-14)21-24-20(25-26-21)12-15-4-3-11-27-15/h1-11,13H,12H2. The predicted octanol–water partition coefficient (Wildman–Crippen LogP) is 5.00. The third-order valence-electron chi connectivity index (χ3n) is 4.30. The molecule has 5 rings (SSSR count). The Morgan fingerprint density at radius 2 is 1.81 bits per heavy atom. The Bertz CT molecular complexity index is 1200. The highest BCUT2D eigenvalue weighted by Crippen LogP contribution is 2.31. The molecular weight excluding hydrogens is 356 g/mol. The van der Waals surface area contributed by atoms with Crippen molar-refractivity contribution in [2.45, 2.75) is 6.42 Å². The zero-order valence-corrected chi connectivity index (χ0v) is 15.1. The maximum Gasteiger partial charge on any atom is 0.258 e. The molecule has 5 aromatic rings. The summed E-state index contributed by atoms with van der Waals surface area (Å²) in [6, 6.07) is 18.0. The molecule has 27 heavy (non-hydrogen) atoms. The number of pyridine rings is 2. The zero-order valence-electron chi connectivity index (χ0n) is 14.2.